The molecule has 1 aromatic carbocycles. The lowest BCUT2D eigenvalue weighted by molar-refractivity contribution is -0.00442. The van der Waals surface area contributed by atoms with Crippen molar-refractivity contribution in [1.29, 1.82) is 0 Å². The molecule has 1 N–H and O–H groups in total. The van der Waals surface area contributed by atoms with Crippen LogP contribution >= 0.6 is 11.3 Å². The molecule has 1 saturated carbocycles. The number of fused-ring (bicyclic) bond motifs is 5. The van der Waals surface area contributed by atoms with Crippen molar-refractivity contribution < 1.29 is 14.3 Å². The SMILES string of the molecule is O=C(NC1CC1)c1cc2c(s1)-c1ccccc1N(C(=O)c1cccc(C3CC4CCC(C3)O4)n1)CC2. The van der Waals surface area contributed by atoms with Gasteiger partial charge >= 0.3 is 0 Å². The quantitative estimate of drug-likeness (QED) is 0.527. The summed E-state index contributed by atoms with van der Waals surface area (Å²) in [4.78, 5) is 35.1. The van der Waals surface area contributed by atoms with Crippen LogP contribution in [-0.4, -0.2) is 41.6 Å². The van der Waals surface area contributed by atoms with Gasteiger partial charge in [-0.25, -0.2) is 4.98 Å². The van der Waals surface area contributed by atoms with Crippen LogP contribution in [0, 0.1) is 0 Å². The molecule has 0 radical (unpaired) electrons. The summed E-state index contributed by atoms with van der Waals surface area (Å²) in [6, 6.07) is 16.3. The summed E-state index contributed by atoms with van der Waals surface area (Å²) in [6.07, 6.45) is 7.77. The molecule has 5 heterocycles. The molecule has 2 aromatic heterocycles. The Hall–Kier alpha value is -3.03. The summed E-state index contributed by atoms with van der Waals surface area (Å²) >= 11 is 1.53. The number of hydrogen-bond donors (Lipinski definition) is 1. The van der Waals surface area contributed by atoms with Gasteiger partial charge in [-0.1, -0.05) is 24.3 Å². The molecule has 2 amide bonds. The molecule has 6 nitrogen and oxygen atoms in total. The number of amides is 2. The zero-order valence-electron chi connectivity index (χ0n) is 20.1. The third-order valence-corrected chi connectivity index (χ3v) is 9.14. The van der Waals surface area contributed by atoms with E-state index in [1.165, 1.54) is 11.3 Å². The molecule has 7 rings (SSSR count). The lowest BCUT2D eigenvalue weighted by atomic mass is 9.92. The summed E-state index contributed by atoms with van der Waals surface area (Å²) < 4.78 is 6.02. The van der Waals surface area contributed by atoms with Crippen molar-refractivity contribution in [3.63, 3.8) is 0 Å². The first-order valence-electron chi connectivity index (χ1n) is 13.1. The van der Waals surface area contributed by atoms with Crippen LogP contribution in [0.1, 0.15) is 75.9 Å². The Kier molecular flexibility index (Phi) is 5.44. The van der Waals surface area contributed by atoms with E-state index in [0.717, 1.165) is 70.8 Å². The van der Waals surface area contributed by atoms with Gasteiger partial charge in [0.2, 0.25) is 0 Å². The van der Waals surface area contributed by atoms with E-state index in [4.69, 9.17) is 9.72 Å². The largest absolute Gasteiger partial charge is 0.375 e. The second-order valence-electron chi connectivity index (χ2n) is 10.5. The zero-order chi connectivity index (χ0) is 24.2. The molecule has 2 bridgehead atoms. The number of rotatable bonds is 4. The first-order valence-corrected chi connectivity index (χ1v) is 13.9. The Morgan fingerprint density at radius 1 is 1.00 bits per heavy atom. The second kappa shape index (κ2) is 8.82. The van der Waals surface area contributed by atoms with Gasteiger partial charge < -0.3 is 15.0 Å². The molecule has 2 unspecified atom stereocenters. The number of anilines is 1. The summed E-state index contributed by atoms with van der Waals surface area (Å²) in [5.74, 6) is 0.303. The highest BCUT2D eigenvalue weighted by Gasteiger charge is 2.36. The number of carbonyl (C=O) groups excluding carboxylic acids is 2. The minimum absolute atomic E-state index is 0.0172. The Labute approximate surface area is 214 Å². The molecule has 3 aliphatic heterocycles. The smallest absolute Gasteiger partial charge is 0.276 e. The molecule has 36 heavy (non-hydrogen) atoms. The highest BCUT2D eigenvalue weighted by molar-refractivity contribution is 7.17. The van der Waals surface area contributed by atoms with E-state index >= 15 is 0 Å². The zero-order valence-corrected chi connectivity index (χ0v) is 20.9. The van der Waals surface area contributed by atoms with Crippen LogP contribution in [-0.2, 0) is 11.2 Å². The van der Waals surface area contributed by atoms with E-state index in [1.807, 2.05) is 41.3 Å². The van der Waals surface area contributed by atoms with E-state index in [-0.39, 0.29) is 11.8 Å². The predicted molar refractivity (Wildman–Crippen MR) is 140 cm³/mol. The van der Waals surface area contributed by atoms with Crippen LogP contribution < -0.4 is 10.2 Å². The fourth-order valence-corrected chi connectivity index (χ4v) is 7.09. The number of thiophene rings is 1. The molecule has 2 atom stereocenters. The number of carbonyl (C=O) groups is 2. The maximum absolute atomic E-state index is 13.8. The van der Waals surface area contributed by atoms with Crippen molar-refractivity contribution in [2.24, 2.45) is 0 Å². The van der Waals surface area contributed by atoms with Crippen LogP contribution in [0.5, 0.6) is 0 Å². The van der Waals surface area contributed by atoms with Gasteiger partial charge in [-0.05, 0) is 74.8 Å². The number of para-hydroxylation sites is 1. The normalized spacial score (nSPS) is 24.6. The number of benzene rings is 1. The van der Waals surface area contributed by atoms with Gasteiger partial charge in [0.05, 0.1) is 22.8 Å². The monoisotopic (exact) mass is 499 g/mol. The standard InChI is InChI=1S/C29H29N3O3S/c33-28(30-19-8-9-19)26-16-17-12-13-32(25-7-2-1-4-22(25)27(17)36-26)29(34)24-6-3-5-23(31-24)18-14-20-10-11-21(15-18)35-20/h1-7,16,18-21H,8-15H2,(H,30,33). The molecular weight excluding hydrogens is 470 g/mol. The van der Waals surface area contributed by atoms with Gasteiger partial charge in [0.1, 0.15) is 5.69 Å². The van der Waals surface area contributed by atoms with Crippen LogP contribution in [0.15, 0.2) is 48.5 Å². The fourth-order valence-electron chi connectivity index (χ4n) is 5.94. The molecule has 4 aliphatic rings. The molecule has 3 fully saturated rings. The van der Waals surface area contributed by atoms with Gasteiger partial charge in [0.25, 0.3) is 11.8 Å². The maximum atomic E-state index is 13.8. The Morgan fingerprint density at radius 3 is 2.61 bits per heavy atom. The second-order valence-corrected chi connectivity index (χ2v) is 11.6. The average molecular weight is 500 g/mol. The average Bonchev–Trinajstić information content (AvgIpc) is 3.56. The highest BCUT2D eigenvalue weighted by atomic mass is 32.1. The highest BCUT2D eigenvalue weighted by Crippen LogP contribution is 2.43. The fraction of sp³-hybridized carbons (Fsp3) is 0.414. The third-order valence-electron chi connectivity index (χ3n) is 7.93. The lowest BCUT2D eigenvalue weighted by Gasteiger charge is -2.28. The molecule has 3 aromatic rings. The van der Waals surface area contributed by atoms with E-state index in [1.54, 1.807) is 0 Å². The number of nitrogens with zero attached hydrogens (tertiary/aromatic N) is 2. The molecular formula is C29H29N3O3S. The number of ether oxygens (including phenoxy) is 1. The van der Waals surface area contributed by atoms with Gasteiger partial charge in [-0.15, -0.1) is 11.3 Å². The van der Waals surface area contributed by atoms with E-state index in [2.05, 4.69) is 17.4 Å². The van der Waals surface area contributed by atoms with Crippen molar-refractivity contribution in [1.82, 2.24) is 10.3 Å². The van der Waals surface area contributed by atoms with Crippen molar-refractivity contribution in [3.8, 4) is 10.4 Å². The molecule has 7 heteroatoms. The van der Waals surface area contributed by atoms with Crippen molar-refractivity contribution >= 4 is 28.8 Å². The number of nitrogens with one attached hydrogen (secondary N) is 1. The maximum Gasteiger partial charge on any atom is 0.276 e. The van der Waals surface area contributed by atoms with E-state index in [9.17, 15) is 9.59 Å². The van der Waals surface area contributed by atoms with Crippen molar-refractivity contribution in [2.75, 3.05) is 11.4 Å². The first-order chi connectivity index (χ1) is 17.6. The van der Waals surface area contributed by atoms with Crippen molar-refractivity contribution in [3.05, 3.63) is 70.4 Å². The van der Waals surface area contributed by atoms with E-state index < -0.39 is 0 Å². The van der Waals surface area contributed by atoms with E-state index in [0.29, 0.717) is 42.8 Å². The van der Waals surface area contributed by atoms with Gasteiger partial charge in [0.15, 0.2) is 0 Å². The Bertz CT molecular complexity index is 1340. The lowest BCUT2D eigenvalue weighted by Crippen LogP contribution is -2.33. The van der Waals surface area contributed by atoms with Gasteiger partial charge in [-0.2, -0.15) is 0 Å². The summed E-state index contributed by atoms with van der Waals surface area (Å²) in [6.45, 7) is 0.552. The Morgan fingerprint density at radius 2 is 1.81 bits per heavy atom. The minimum Gasteiger partial charge on any atom is -0.375 e. The first kappa shape index (κ1) is 22.2. The number of hydrogen-bond acceptors (Lipinski definition) is 5. The minimum atomic E-state index is -0.0683. The van der Waals surface area contributed by atoms with Crippen LogP contribution in [0.3, 0.4) is 0 Å². The van der Waals surface area contributed by atoms with Crippen molar-refractivity contribution in [2.45, 2.75) is 69.1 Å². The molecule has 184 valence electrons. The van der Waals surface area contributed by atoms with Crippen LogP contribution in [0.25, 0.3) is 10.4 Å². The van der Waals surface area contributed by atoms with Gasteiger partial charge in [0, 0.05) is 34.6 Å². The topological polar surface area (TPSA) is 71.5 Å². The number of aromatic nitrogens is 1. The summed E-state index contributed by atoms with van der Waals surface area (Å²) in [5, 5.41) is 3.10. The predicted octanol–water partition coefficient (Wildman–Crippen LogP) is 5.33. The molecule has 1 aliphatic carbocycles. The number of pyridine rings is 1. The van der Waals surface area contributed by atoms with Crippen LogP contribution in [0.2, 0.25) is 0 Å². The molecule has 0 spiro atoms. The van der Waals surface area contributed by atoms with Crippen LogP contribution in [0.4, 0.5) is 5.69 Å². The Balaban J connectivity index is 1.18. The van der Waals surface area contributed by atoms with Gasteiger partial charge in [-0.3, -0.25) is 9.59 Å². The summed E-state index contributed by atoms with van der Waals surface area (Å²) in [5.41, 5.74) is 4.52. The third kappa shape index (κ3) is 4.04. The summed E-state index contributed by atoms with van der Waals surface area (Å²) in [7, 11) is 0. The molecule has 2 saturated heterocycles.